The van der Waals surface area contributed by atoms with Crippen LogP contribution in [-0.2, 0) is 17.6 Å². The van der Waals surface area contributed by atoms with Gasteiger partial charge in [-0.1, -0.05) is 12.1 Å². The zero-order valence-corrected chi connectivity index (χ0v) is 13.8. The number of benzene rings is 1. The van der Waals surface area contributed by atoms with E-state index in [9.17, 15) is 4.79 Å². The first-order valence-electron chi connectivity index (χ1n) is 8.79. The highest BCUT2D eigenvalue weighted by molar-refractivity contribution is 5.77. The van der Waals surface area contributed by atoms with Gasteiger partial charge in [-0.2, -0.15) is 0 Å². The minimum Gasteiger partial charge on any atom is -0.318 e. The molecule has 0 aliphatic heterocycles. The molecule has 22 heavy (non-hydrogen) atoms. The van der Waals surface area contributed by atoms with E-state index in [1.54, 1.807) is 4.90 Å². The van der Waals surface area contributed by atoms with E-state index in [4.69, 9.17) is 0 Å². The van der Waals surface area contributed by atoms with Crippen molar-refractivity contribution >= 4 is 12.1 Å². The summed E-state index contributed by atoms with van der Waals surface area (Å²) in [6.07, 6.45) is 10.3. The van der Waals surface area contributed by atoms with E-state index in [0.717, 1.165) is 36.6 Å². The Balaban J connectivity index is 1.67. The van der Waals surface area contributed by atoms with Crippen molar-refractivity contribution in [2.24, 2.45) is 0 Å². The van der Waals surface area contributed by atoms with E-state index >= 15 is 0 Å². The zero-order chi connectivity index (χ0) is 15.3. The van der Waals surface area contributed by atoms with Crippen molar-refractivity contribution in [3.05, 3.63) is 29.3 Å². The van der Waals surface area contributed by atoms with Gasteiger partial charge in [0.1, 0.15) is 0 Å². The Morgan fingerprint density at radius 3 is 2.36 bits per heavy atom. The lowest BCUT2D eigenvalue weighted by molar-refractivity contribution is -0.954. The highest BCUT2D eigenvalue weighted by Crippen LogP contribution is 2.48. The Morgan fingerprint density at radius 1 is 1.09 bits per heavy atom. The minimum atomic E-state index is 0.744. The van der Waals surface area contributed by atoms with Crippen LogP contribution in [0.5, 0.6) is 0 Å². The maximum Gasteiger partial charge on any atom is 0.213 e. The van der Waals surface area contributed by atoms with E-state index in [-0.39, 0.29) is 0 Å². The molecule has 0 radical (unpaired) electrons. The first kappa shape index (κ1) is 14.3. The van der Waals surface area contributed by atoms with Crippen molar-refractivity contribution in [3.63, 3.8) is 0 Å². The maximum absolute atomic E-state index is 11.2. The minimum absolute atomic E-state index is 0.744. The average Bonchev–Trinajstić information content (AvgIpc) is 3.42. The fourth-order valence-corrected chi connectivity index (χ4v) is 4.77. The first-order chi connectivity index (χ1) is 10.6. The van der Waals surface area contributed by atoms with Crippen LogP contribution >= 0.6 is 0 Å². The van der Waals surface area contributed by atoms with Gasteiger partial charge in [-0.05, 0) is 23.6 Å². The van der Waals surface area contributed by atoms with E-state index in [1.165, 1.54) is 54.1 Å². The lowest BCUT2D eigenvalue weighted by Gasteiger charge is -2.45. The molecule has 1 amide bonds. The van der Waals surface area contributed by atoms with Crippen molar-refractivity contribution in [3.8, 4) is 0 Å². The molecule has 0 aromatic heterocycles. The zero-order valence-electron chi connectivity index (χ0n) is 13.8. The quantitative estimate of drug-likeness (QED) is 0.605. The number of anilines is 1. The van der Waals surface area contributed by atoms with Crippen LogP contribution < -0.4 is 4.90 Å². The van der Waals surface area contributed by atoms with Crippen molar-refractivity contribution in [1.29, 1.82) is 0 Å². The van der Waals surface area contributed by atoms with E-state index in [1.807, 2.05) is 7.05 Å². The normalized spacial score (nSPS) is 24.7. The molecule has 1 atom stereocenters. The molecule has 1 aromatic rings. The number of hydrogen-bond acceptors (Lipinski definition) is 1. The molecule has 1 unspecified atom stereocenters. The molecule has 118 valence electrons. The second kappa shape index (κ2) is 5.09. The fourth-order valence-electron chi connectivity index (χ4n) is 4.77. The van der Waals surface area contributed by atoms with Gasteiger partial charge in [0.25, 0.3) is 0 Å². The molecule has 1 aromatic carbocycles. The third kappa shape index (κ3) is 2.18. The SMILES string of the molecule is CN(C=O)c1cccc2c1CC([N+](C)(C1CC1)C1CC1)CC2. The summed E-state index contributed by atoms with van der Waals surface area (Å²) in [6, 6.07) is 9.03. The van der Waals surface area contributed by atoms with Crippen molar-refractivity contribution in [1.82, 2.24) is 0 Å². The molecule has 0 saturated heterocycles. The van der Waals surface area contributed by atoms with Crippen LogP contribution in [0.25, 0.3) is 0 Å². The van der Waals surface area contributed by atoms with E-state index < -0.39 is 0 Å². The molecule has 2 fully saturated rings. The van der Waals surface area contributed by atoms with Crippen LogP contribution in [0.4, 0.5) is 5.69 Å². The van der Waals surface area contributed by atoms with Gasteiger partial charge in [-0.15, -0.1) is 0 Å². The number of amides is 1. The molecular formula is C19H27N2O+. The standard InChI is InChI=1S/C19H27N2O/c1-20(13-22)19-5-3-4-14-6-7-17(12-18(14)19)21(2,15-8-9-15)16-10-11-16/h3-5,13,15-17H,6-12H2,1-2H3/q+1. The summed E-state index contributed by atoms with van der Waals surface area (Å²) < 4.78 is 1.32. The first-order valence-corrected chi connectivity index (χ1v) is 8.79. The van der Waals surface area contributed by atoms with Crippen molar-refractivity contribution in [2.75, 3.05) is 19.0 Å². The summed E-state index contributed by atoms with van der Waals surface area (Å²) in [5.74, 6) is 0. The van der Waals surface area contributed by atoms with Crippen LogP contribution in [0.2, 0.25) is 0 Å². The van der Waals surface area contributed by atoms with Gasteiger partial charge in [-0.3, -0.25) is 4.79 Å². The molecule has 4 rings (SSSR count). The Morgan fingerprint density at radius 2 is 1.77 bits per heavy atom. The second-order valence-corrected chi connectivity index (χ2v) is 7.71. The van der Waals surface area contributed by atoms with Gasteiger partial charge in [-0.25, -0.2) is 0 Å². The number of aryl methyl sites for hydroxylation is 1. The number of likely N-dealkylation sites (N-methyl/N-ethyl adjacent to an activating group) is 1. The summed E-state index contributed by atoms with van der Waals surface area (Å²) >= 11 is 0. The number of quaternary nitrogens is 1. The molecule has 3 aliphatic rings. The summed E-state index contributed by atoms with van der Waals surface area (Å²) in [6.45, 7) is 0. The summed E-state index contributed by atoms with van der Waals surface area (Å²) in [5, 5.41) is 0. The summed E-state index contributed by atoms with van der Waals surface area (Å²) in [4.78, 5) is 13.0. The summed E-state index contributed by atoms with van der Waals surface area (Å²) in [5.41, 5.74) is 4.01. The number of nitrogens with zero attached hydrogens (tertiary/aromatic N) is 2. The van der Waals surface area contributed by atoms with Gasteiger partial charge in [0.2, 0.25) is 6.41 Å². The fraction of sp³-hybridized carbons (Fsp3) is 0.632. The maximum atomic E-state index is 11.2. The van der Waals surface area contributed by atoms with Crippen molar-refractivity contribution in [2.45, 2.75) is 63.1 Å². The summed E-state index contributed by atoms with van der Waals surface area (Å²) in [7, 11) is 4.40. The van der Waals surface area contributed by atoms with Crippen LogP contribution in [0.3, 0.4) is 0 Å². The van der Waals surface area contributed by atoms with E-state index in [0.29, 0.717) is 0 Å². The Hall–Kier alpha value is -1.35. The van der Waals surface area contributed by atoms with Gasteiger partial charge >= 0.3 is 0 Å². The third-order valence-corrected chi connectivity index (χ3v) is 6.43. The second-order valence-electron chi connectivity index (χ2n) is 7.71. The van der Waals surface area contributed by atoms with Crippen molar-refractivity contribution < 1.29 is 9.28 Å². The molecule has 0 heterocycles. The number of hydrogen-bond donors (Lipinski definition) is 0. The topological polar surface area (TPSA) is 20.3 Å². The van der Waals surface area contributed by atoms with Crippen LogP contribution in [0, 0.1) is 0 Å². The molecule has 3 aliphatic carbocycles. The Labute approximate surface area is 133 Å². The van der Waals surface area contributed by atoms with Crippen LogP contribution in [0.15, 0.2) is 18.2 Å². The Bertz CT molecular complexity index is 577. The molecule has 0 N–H and O–H groups in total. The molecule has 3 nitrogen and oxygen atoms in total. The largest absolute Gasteiger partial charge is 0.318 e. The van der Waals surface area contributed by atoms with Gasteiger partial charge in [0.15, 0.2) is 0 Å². The van der Waals surface area contributed by atoms with Crippen LogP contribution in [-0.4, -0.2) is 43.1 Å². The van der Waals surface area contributed by atoms with Gasteiger partial charge in [0, 0.05) is 51.3 Å². The lowest BCUT2D eigenvalue weighted by atomic mass is 9.85. The monoisotopic (exact) mass is 299 g/mol. The third-order valence-electron chi connectivity index (χ3n) is 6.43. The number of carbonyl (C=O) groups excluding carboxylic acids is 1. The predicted molar refractivity (Wildman–Crippen MR) is 89.0 cm³/mol. The molecule has 0 bridgehead atoms. The number of rotatable bonds is 5. The smallest absolute Gasteiger partial charge is 0.213 e. The predicted octanol–water partition coefficient (Wildman–Crippen LogP) is 2.91. The lowest BCUT2D eigenvalue weighted by Crippen LogP contribution is -2.57. The number of fused-ring (bicyclic) bond motifs is 1. The van der Waals surface area contributed by atoms with Gasteiger partial charge in [0.05, 0.1) is 25.2 Å². The molecule has 2 saturated carbocycles. The molecule has 0 spiro atoms. The highest BCUT2D eigenvalue weighted by atomic mass is 16.1. The Kier molecular flexibility index (Phi) is 3.30. The number of carbonyl (C=O) groups is 1. The average molecular weight is 299 g/mol. The molecular weight excluding hydrogens is 272 g/mol. The molecule has 3 heteroatoms. The van der Waals surface area contributed by atoms with Crippen LogP contribution in [0.1, 0.15) is 43.2 Å². The highest BCUT2D eigenvalue weighted by Gasteiger charge is 2.55. The van der Waals surface area contributed by atoms with E-state index in [2.05, 4.69) is 25.2 Å². The van der Waals surface area contributed by atoms with Gasteiger partial charge < -0.3 is 9.38 Å².